The second kappa shape index (κ2) is 7.14. The number of hydrogen-bond acceptors (Lipinski definition) is 5. The second-order valence-corrected chi connectivity index (χ2v) is 7.20. The summed E-state index contributed by atoms with van der Waals surface area (Å²) in [5.41, 5.74) is 1.77. The average molecular weight is 355 g/mol. The number of imidazole rings is 1. The van der Waals surface area contributed by atoms with Crippen molar-refractivity contribution in [1.82, 2.24) is 24.8 Å². The number of pyridine rings is 1. The SMILES string of the molecule is Cc1nc(C(C)C)sc1C(=O)NCc1ccnc(-n2ccnc2C)c1. The molecular weight excluding hydrogens is 334 g/mol. The molecule has 0 unspecified atom stereocenters. The van der Waals surface area contributed by atoms with Crippen LogP contribution in [0.15, 0.2) is 30.7 Å². The summed E-state index contributed by atoms with van der Waals surface area (Å²) in [5, 5.41) is 3.96. The van der Waals surface area contributed by atoms with Crippen molar-refractivity contribution < 1.29 is 4.79 Å². The van der Waals surface area contributed by atoms with Gasteiger partial charge in [0.2, 0.25) is 0 Å². The van der Waals surface area contributed by atoms with Crippen LogP contribution < -0.4 is 5.32 Å². The van der Waals surface area contributed by atoms with Gasteiger partial charge < -0.3 is 5.32 Å². The maximum Gasteiger partial charge on any atom is 0.263 e. The van der Waals surface area contributed by atoms with Gasteiger partial charge in [0.25, 0.3) is 5.91 Å². The van der Waals surface area contributed by atoms with E-state index in [0.29, 0.717) is 17.3 Å². The van der Waals surface area contributed by atoms with E-state index in [4.69, 9.17) is 0 Å². The van der Waals surface area contributed by atoms with Crippen molar-refractivity contribution in [2.45, 2.75) is 40.2 Å². The molecule has 0 fully saturated rings. The summed E-state index contributed by atoms with van der Waals surface area (Å²) in [6, 6.07) is 3.85. The van der Waals surface area contributed by atoms with Crippen LogP contribution in [0.3, 0.4) is 0 Å². The zero-order valence-corrected chi connectivity index (χ0v) is 15.6. The van der Waals surface area contributed by atoms with Crippen LogP contribution in [0.1, 0.15) is 51.5 Å². The maximum absolute atomic E-state index is 12.5. The van der Waals surface area contributed by atoms with Crippen LogP contribution in [0.5, 0.6) is 0 Å². The van der Waals surface area contributed by atoms with Crippen LogP contribution in [0.4, 0.5) is 0 Å². The molecule has 0 aliphatic carbocycles. The number of carbonyl (C=O) groups is 1. The minimum atomic E-state index is -0.0842. The fraction of sp³-hybridized carbons (Fsp3) is 0.333. The molecule has 0 bridgehead atoms. The van der Waals surface area contributed by atoms with Crippen LogP contribution in [0, 0.1) is 13.8 Å². The number of thiazole rings is 1. The minimum Gasteiger partial charge on any atom is -0.347 e. The van der Waals surface area contributed by atoms with Gasteiger partial charge in [-0.2, -0.15) is 0 Å². The molecule has 6 nitrogen and oxygen atoms in total. The lowest BCUT2D eigenvalue weighted by Gasteiger charge is -2.08. The molecule has 1 N–H and O–H groups in total. The van der Waals surface area contributed by atoms with Gasteiger partial charge in [-0.05, 0) is 31.5 Å². The Bertz CT molecular complexity index is 897. The topological polar surface area (TPSA) is 72.7 Å². The van der Waals surface area contributed by atoms with E-state index in [-0.39, 0.29) is 5.91 Å². The van der Waals surface area contributed by atoms with E-state index in [1.54, 1.807) is 12.4 Å². The van der Waals surface area contributed by atoms with Crippen molar-refractivity contribution in [1.29, 1.82) is 0 Å². The predicted molar refractivity (Wildman–Crippen MR) is 98.2 cm³/mol. The van der Waals surface area contributed by atoms with E-state index in [1.165, 1.54) is 11.3 Å². The molecule has 0 spiro atoms. The maximum atomic E-state index is 12.5. The molecule has 0 aromatic carbocycles. The fourth-order valence-corrected chi connectivity index (χ4v) is 3.45. The summed E-state index contributed by atoms with van der Waals surface area (Å²) in [5.74, 6) is 1.90. The Morgan fingerprint density at radius 1 is 1.28 bits per heavy atom. The molecule has 0 aliphatic rings. The molecule has 0 atom stereocenters. The van der Waals surface area contributed by atoms with Gasteiger partial charge in [0.1, 0.15) is 16.5 Å². The third-order valence-electron chi connectivity index (χ3n) is 3.85. The molecule has 7 heteroatoms. The predicted octanol–water partition coefficient (Wildman–Crippen LogP) is 3.39. The first-order valence-electron chi connectivity index (χ1n) is 8.16. The number of aryl methyl sites for hydroxylation is 2. The number of hydrogen-bond donors (Lipinski definition) is 1. The van der Waals surface area contributed by atoms with Crippen LogP contribution in [0.2, 0.25) is 0 Å². The highest BCUT2D eigenvalue weighted by Crippen LogP contribution is 2.24. The van der Waals surface area contributed by atoms with E-state index in [1.807, 2.05) is 36.7 Å². The van der Waals surface area contributed by atoms with E-state index >= 15 is 0 Å². The van der Waals surface area contributed by atoms with Gasteiger partial charge in [-0.1, -0.05) is 13.8 Å². The number of carbonyl (C=O) groups excluding carboxylic acids is 1. The lowest BCUT2D eigenvalue weighted by molar-refractivity contribution is 0.0954. The molecule has 1 amide bonds. The van der Waals surface area contributed by atoms with Gasteiger partial charge >= 0.3 is 0 Å². The first-order valence-corrected chi connectivity index (χ1v) is 8.98. The van der Waals surface area contributed by atoms with Crippen molar-refractivity contribution in [2.24, 2.45) is 0 Å². The number of rotatable bonds is 5. The second-order valence-electron chi connectivity index (χ2n) is 6.17. The van der Waals surface area contributed by atoms with E-state index in [2.05, 4.69) is 34.1 Å². The van der Waals surface area contributed by atoms with Crippen molar-refractivity contribution in [3.63, 3.8) is 0 Å². The summed E-state index contributed by atoms with van der Waals surface area (Å²) in [6.45, 7) is 8.40. The summed E-state index contributed by atoms with van der Waals surface area (Å²) < 4.78 is 1.91. The highest BCUT2D eigenvalue weighted by atomic mass is 32.1. The summed E-state index contributed by atoms with van der Waals surface area (Å²) >= 11 is 1.47. The first-order chi connectivity index (χ1) is 12.0. The molecular formula is C18H21N5OS. The normalized spacial score (nSPS) is 11.1. The molecule has 130 valence electrons. The van der Waals surface area contributed by atoms with Crippen LogP contribution in [0.25, 0.3) is 5.82 Å². The molecule has 0 aliphatic heterocycles. The molecule has 0 saturated carbocycles. The standard InChI is InChI=1S/C18H21N5OS/c1-11(2)18-22-12(3)16(25-18)17(24)21-10-14-5-6-20-15(9-14)23-8-7-19-13(23)4/h5-9,11H,10H2,1-4H3,(H,21,24). The summed E-state index contributed by atoms with van der Waals surface area (Å²) in [7, 11) is 0. The van der Waals surface area contributed by atoms with Crippen LogP contribution in [-0.4, -0.2) is 25.4 Å². The average Bonchev–Trinajstić information content (AvgIpc) is 3.19. The smallest absolute Gasteiger partial charge is 0.263 e. The summed E-state index contributed by atoms with van der Waals surface area (Å²) in [6.07, 6.45) is 5.35. The van der Waals surface area contributed by atoms with Gasteiger partial charge in [0.05, 0.1) is 10.7 Å². The zero-order valence-electron chi connectivity index (χ0n) is 14.8. The summed E-state index contributed by atoms with van der Waals surface area (Å²) in [4.78, 5) is 26.2. The Morgan fingerprint density at radius 2 is 2.08 bits per heavy atom. The Hall–Kier alpha value is -2.54. The Morgan fingerprint density at radius 3 is 2.72 bits per heavy atom. The van der Waals surface area contributed by atoms with E-state index in [0.717, 1.165) is 27.9 Å². The Labute approximate surface area is 151 Å². The molecule has 0 saturated heterocycles. The quantitative estimate of drug-likeness (QED) is 0.761. The first kappa shape index (κ1) is 17.3. The van der Waals surface area contributed by atoms with Gasteiger partial charge in [0.15, 0.2) is 0 Å². The highest BCUT2D eigenvalue weighted by Gasteiger charge is 2.16. The zero-order chi connectivity index (χ0) is 18.0. The molecule has 0 radical (unpaired) electrons. The molecule has 3 rings (SSSR count). The lowest BCUT2D eigenvalue weighted by Crippen LogP contribution is -2.22. The number of nitrogens with zero attached hydrogens (tertiary/aromatic N) is 4. The van der Waals surface area contributed by atoms with Gasteiger partial charge in [-0.25, -0.2) is 15.0 Å². The van der Waals surface area contributed by atoms with E-state index < -0.39 is 0 Å². The molecule has 3 heterocycles. The minimum absolute atomic E-state index is 0.0842. The molecule has 25 heavy (non-hydrogen) atoms. The van der Waals surface area contributed by atoms with Gasteiger partial charge in [0, 0.05) is 31.1 Å². The third kappa shape index (κ3) is 3.76. The van der Waals surface area contributed by atoms with Gasteiger partial charge in [-0.15, -0.1) is 11.3 Å². The lowest BCUT2D eigenvalue weighted by atomic mass is 10.2. The number of amides is 1. The Balaban J connectivity index is 1.72. The number of aromatic nitrogens is 4. The van der Waals surface area contributed by atoms with Crippen LogP contribution in [-0.2, 0) is 6.54 Å². The third-order valence-corrected chi connectivity index (χ3v) is 5.31. The monoisotopic (exact) mass is 355 g/mol. The van der Waals surface area contributed by atoms with Crippen molar-refractivity contribution in [2.75, 3.05) is 0 Å². The fourth-order valence-electron chi connectivity index (χ4n) is 2.46. The van der Waals surface area contributed by atoms with E-state index in [9.17, 15) is 4.79 Å². The highest BCUT2D eigenvalue weighted by molar-refractivity contribution is 7.13. The van der Waals surface area contributed by atoms with Crippen molar-refractivity contribution in [3.8, 4) is 5.82 Å². The molecule has 3 aromatic rings. The largest absolute Gasteiger partial charge is 0.347 e. The van der Waals surface area contributed by atoms with Gasteiger partial charge in [-0.3, -0.25) is 9.36 Å². The van der Waals surface area contributed by atoms with Crippen LogP contribution >= 0.6 is 11.3 Å². The van der Waals surface area contributed by atoms with Crippen molar-refractivity contribution >= 4 is 17.2 Å². The number of nitrogens with one attached hydrogen (secondary N) is 1. The molecule has 3 aromatic heterocycles. The Kier molecular flexibility index (Phi) is 4.94. The van der Waals surface area contributed by atoms with Crippen molar-refractivity contribution in [3.05, 3.63) is 57.7 Å².